The molecule has 1 aliphatic rings. The Morgan fingerprint density at radius 3 is 3.05 bits per heavy atom. The van der Waals surface area contributed by atoms with E-state index in [0.717, 1.165) is 23.4 Å². The van der Waals surface area contributed by atoms with Crippen molar-refractivity contribution in [2.75, 3.05) is 19.8 Å². The lowest BCUT2D eigenvalue weighted by molar-refractivity contribution is 0.0824. The van der Waals surface area contributed by atoms with Crippen LogP contribution in [0.3, 0.4) is 0 Å². The first-order chi connectivity index (χ1) is 9.16. The summed E-state index contributed by atoms with van der Waals surface area (Å²) in [5, 5.41) is 3.46. The van der Waals surface area contributed by atoms with Gasteiger partial charge in [-0.05, 0) is 50.5 Å². The van der Waals surface area contributed by atoms with Crippen molar-refractivity contribution < 1.29 is 9.47 Å². The second-order valence-corrected chi connectivity index (χ2v) is 5.91. The lowest BCUT2D eigenvalue weighted by Gasteiger charge is -2.20. The van der Waals surface area contributed by atoms with E-state index in [4.69, 9.17) is 9.47 Å². The number of benzene rings is 1. The summed E-state index contributed by atoms with van der Waals surface area (Å²) in [6.07, 6.45) is 2.72. The zero-order valence-electron chi connectivity index (χ0n) is 11.6. The highest BCUT2D eigenvalue weighted by molar-refractivity contribution is 9.10. The molecule has 0 spiro atoms. The molecule has 1 heterocycles. The van der Waals surface area contributed by atoms with Crippen LogP contribution in [0.25, 0.3) is 0 Å². The Bertz CT molecular complexity index is 405. The predicted octanol–water partition coefficient (Wildman–Crippen LogP) is 3.29. The number of aryl methyl sites for hydroxylation is 1. The van der Waals surface area contributed by atoms with Crippen LogP contribution in [0, 0.1) is 6.92 Å². The molecule has 2 rings (SSSR count). The lowest BCUT2D eigenvalue weighted by atomic mass is 10.1. The Morgan fingerprint density at radius 1 is 1.53 bits per heavy atom. The predicted molar refractivity (Wildman–Crippen MR) is 80.8 cm³/mol. The van der Waals surface area contributed by atoms with Crippen molar-refractivity contribution in [3.8, 4) is 5.75 Å². The van der Waals surface area contributed by atoms with Crippen molar-refractivity contribution in [2.24, 2.45) is 0 Å². The monoisotopic (exact) mass is 327 g/mol. The first-order valence-corrected chi connectivity index (χ1v) is 7.70. The van der Waals surface area contributed by atoms with Crippen LogP contribution in [0.15, 0.2) is 22.7 Å². The minimum absolute atomic E-state index is 0.370. The molecule has 106 valence electrons. The minimum atomic E-state index is 0.370. The molecular formula is C15H22BrNO2. The van der Waals surface area contributed by atoms with Gasteiger partial charge in [-0.15, -0.1) is 0 Å². The Balaban J connectivity index is 1.67. The van der Waals surface area contributed by atoms with Crippen LogP contribution in [0.1, 0.15) is 25.3 Å². The van der Waals surface area contributed by atoms with Crippen molar-refractivity contribution in [3.05, 3.63) is 28.2 Å². The number of hydrogen-bond donors (Lipinski definition) is 1. The normalized spacial score (nSPS) is 20.5. The van der Waals surface area contributed by atoms with Crippen molar-refractivity contribution in [2.45, 2.75) is 38.8 Å². The molecule has 0 amide bonds. The van der Waals surface area contributed by atoms with Gasteiger partial charge >= 0.3 is 0 Å². The zero-order chi connectivity index (χ0) is 13.7. The van der Waals surface area contributed by atoms with Crippen molar-refractivity contribution in [3.63, 3.8) is 0 Å². The Kier molecular flexibility index (Phi) is 5.67. The summed E-state index contributed by atoms with van der Waals surface area (Å²) < 4.78 is 12.5. The van der Waals surface area contributed by atoms with Crippen LogP contribution in [0.4, 0.5) is 0 Å². The maximum Gasteiger partial charge on any atom is 0.119 e. The smallest absolute Gasteiger partial charge is 0.119 e. The van der Waals surface area contributed by atoms with Crippen LogP contribution in [-0.4, -0.2) is 31.9 Å². The average Bonchev–Trinajstić information content (AvgIpc) is 2.92. The van der Waals surface area contributed by atoms with E-state index >= 15 is 0 Å². The Labute approximate surface area is 123 Å². The van der Waals surface area contributed by atoms with Gasteiger partial charge in [0.1, 0.15) is 12.4 Å². The SMILES string of the molecule is Cc1cc(OCCNC(C)C2CCCO2)ccc1Br. The average molecular weight is 328 g/mol. The molecule has 0 radical (unpaired) electrons. The fourth-order valence-corrected chi connectivity index (χ4v) is 2.54. The summed E-state index contributed by atoms with van der Waals surface area (Å²) in [5.74, 6) is 0.923. The van der Waals surface area contributed by atoms with Gasteiger partial charge in [0.25, 0.3) is 0 Å². The Hall–Kier alpha value is -0.580. The number of hydrogen-bond acceptors (Lipinski definition) is 3. The number of halogens is 1. The highest BCUT2D eigenvalue weighted by atomic mass is 79.9. The first-order valence-electron chi connectivity index (χ1n) is 6.91. The van der Waals surface area contributed by atoms with Crippen LogP contribution >= 0.6 is 15.9 Å². The molecule has 0 saturated carbocycles. The molecule has 1 aromatic rings. The fraction of sp³-hybridized carbons (Fsp3) is 0.600. The Morgan fingerprint density at radius 2 is 2.37 bits per heavy atom. The molecule has 2 atom stereocenters. The molecular weight excluding hydrogens is 306 g/mol. The summed E-state index contributed by atoms with van der Waals surface area (Å²) in [7, 11) is 0. The summed E-state index contributed by atoms with van der Waals surface area (Å²) in [6, 6.07) is 6.46. The standard InChI is InChI=1S/C15H22BrNO2/c1-11-10-13(5-6-14(11)16)18-9-7-17-12(2)15-4-3-8-19-15/h5-6,10,12,15,17H,3-4,7-9H2,1-2H3. The lowest BCUT2D eigenvalue weighted by Crippen LogP contribution is -2.39. The van der Waals surface area contributed by atoms with E-state index in [2.05, 4.69) is 35.1 Å². The van der Waals surface area contributed by atoms with Crippen molar-refractivity contribution in [1.82, 2.24) is 5.32 Å². The van der Waals surface area contributed by atoms with Gasteiger partial charge in [-0.25, -0.2) is 0 Å². The van der Waals surface area contributed by atoms with Crippen LogP contribution in [-0.2, 0) is 4.74 Å². The molecule has 1 saturated heterocycles. The van der Waals surface area contributed by atoms with Crippen LogP contribution < -0.4 is 10.1 Å². The highest BCUT2D eigenvalue weighted by Gasteiger charge is 2.21. The quantitative estimate of drug-likeness (QED) is 0.813. The molecule has 4 heteroatoms. The second-order valence-electron chi connectivity index (χ2n) is 5.05. The van der Waals surface area contributed by atoms with E-state index in [0.29, 0.717) is 18.8 Å². The largest absolute Gasteiger partial charge is 0.492 e. The van der Waals surface area contributed by atoms with Crippen molar-refractivity contribution >= 4 is 15.9 Å². The topological polar surface area (TPSA) is 30.5 Å². The molecule has 0 bridgehead atoms. The molecule has 2 unspecified atom stereocenters. The van der Waals surface area contributed by atoms with Gasteiger partial charge < -0.3 is 14.8 Å². The molecule has 1 fully saturated rings. The maximum atomic E-state index is 5.73. The number of ether oxygens (including phenoxy) is 2. The minimum Gasteiger partial charge on any atom is -0.492 e. The van der Waals surface area contributed by atoms with Gasteiger partial charge in [0.2, 0.25) is 0 Å². The molecule has 1 aliphatic heterocycles. The van der Waals surface area contributed by atoms with E-state index in [1.807, 2.05) is 18.2 Å². The summed E-state index contributed by atoms with van der Waals surface area (Å²) in [6.45, 7) is 6.67. The zero-order valence-corrected chi connectivity index (χ0v) is 13.2. The molecule has 3 nitrogen and oxygen atoms in total. The van der Waals surface area contributed by atoms with E-state index < -0.39 is 0 Å². The van der Waals surface area contributed by atoms with Crippen molar-refractivity contribution in [1.29, 1.82) is 0 Å². The van der Waals surface area contributed by atoms with Crippen LogP contribution in [0.5, 0.6) is 5.75 Å². The van der Waals surface area contributed by atoms with Gasteiger partial charge in [0.15, 0.2) is 0 Å². The molecule has 1 N–H and O–H groups in total. The molecule has 1 aromatic carbocycles. The van der Waals surface area contributed by atoms with E-state index in [1.165, 1.54) is 18.4 Å². The van der Waals surface area contributed by atoms with Gasteiger partial charge in [0.05, 0.1) is 6.10 Å². The fourth-order valence-electron chi connectivity index (χ4n) is 2.29. The number of nitrogens with one attached hydrogen (secondary N) is 1. The second kappa shape index (κ2) is 7.27. The van der Waals surface area contributed by atoms with E-state index in [9.17, 15) is 0 Å². The van der Waals surface area contributed by atoms with Gasteiger partial charge in [-0.2, -0.15) is 0 Å². The summed E-state index contributed by atoms with van der Waals surface area (Å²) >= 11 is 3.49. The molecule has 19 heavy (non-hydrogen) atoms. The summed E-state index contributed by atoms with van der Waals surface area (Å²) in [5.41, 5.74) is 1.19. The molecule has 0 aromatic heterocycles. The van der Waals surface area contributed by atoms with E-state index in [1.54, 1.807) is 0 Å². The summed E-state index contributed by atoms with van der Waals surface area (Å²) in [4.78, 5) is 0. The highest BCUT2D eigenvalue weighted by Crippen LogP contribution is 2.21. The van der Waals surface area contributed by atoms with Crippen LogP contribution in [0.2, 0.25) is 0 Å². The third kappa shape index (κ3) is 4.48. The van der Waals surface area contributed by atoms with Gasteiger partial charge in [-0.1, -0.05) is 15.9 Å². The van der Waals surface area contributed by atoms with E-state index in [-0.39, 0.29) is 0 Å². The maximum absolute atomic E-state index is 5.73. The molecule has 0 aliphatic carbocycles. The van der Waals surface area contributed by atoms with Gasteiger partial charge in [0, 0.05) is 23.7 Å². The first kappa shape index (κ1) is 14.8. The third-order valence-corrected chi connectivity index (χ3v) is 4.38. The number of rotatable bonds is 6. The van der Waals surface area contributed by atoms with Gasteiger partial charge in [-0.3, -0.25) is 0 Å². The third-order valence-electron chi connectivity index (χ3n) is 3.49.